The summed E-state index contributed by atoms with van der Waals surface area (Å²) in [5.74, 6) is -2.85. The van der Waals surface area contributed by atoms with E-state index in [1.165, 1.54) is 29.2 Å². The van der Waals surface area contributed by atoms with Crippen molar-refractivity contribution in [2.75, 3.05) is 5.32 Å². The van der Waals surface area contributed by atoms with Crippen LogP contribution in [0.25, 0.3) is 0 Å². The van der Waals surface area contributed by atoms with Crippen LogP contribution in [-0.2, 0) is 27.3 Å². The smallest absolute Gasteiger partial charge is 0.411 e. The minimum atomic E-state index is -1.05. The van der Waals surface area contributed by atoms with Crippen molar-refractivity contribution in [3.8, 4) is 0 Å². The Bertz CT molecular complexity index is 1460. The number of benzene rings is 3. The summed E-state index contributed by atoms with van der Waals surface area (Å²) in [6.45, 7) is 5.55. The fourth-order valence-electron chi connectivity index (χ4n) is 4.04. The van der Waals surface area contributed by atoms with E-state index in [9.17, 15) is 29.1 Å². The first-order valence-electron chi connectivity index (χ1n) is 12.9. The number of fused-ring (bicyclic) bond motifs is 1. The Morgan fingerprint density at radius 1 is 0.881 bits per heavy atom. The fraction of sp³-hybridized carbons (Fsp3) is 0.258. The van der Waals surface area contributed by atoms with E-state index in [0.29, 0.717) is 22.7 Å². The van der Waals surface area contributed by atoms with Crippen LogP contribution in [0.2, 0.25) is 5.02 Å². The van der Waals surface area contributed by atoms with E-state index < -0.39 is 35.6 Å². The molecule has 10 nitrogen and oxygen atoms in total. The van der Waals surface area contributed by atoms with Gasteiger partial charge in [0, 0.05) is 22.7 Å². The summed E-state index contributed by atoms with van der Waals surface area (Å²) in [7, 11) is 0. The Hall–Kier alpha value is -4.70. The van der Waals surface area contributed by atoms with E-state index in [1.807, 2.05) is 24.3 Å². The predicted octanol–water partition coefficient (Wildman–Crippen LogP) is 5.68. The number of amides is 2. The number of ketones is 1. The second-order valence-electron chi connectivity index (χ2n) is 10.5. The topological polar surface area (TPSA) is 150 Å². The Morgan fingerprint density at radius 3 is 2.00 bits per heavy atom. The molecule has 4 rings (SSSR count). The number of aromatic carboxylic acids is 1. The van der Waals surface area contributed by atoms with Crippen LogP contribution >= 0.6 is 11.6 Å². The van der Waals surface area contributed by atoms with Crippen LogP contribution in [0.4, 0.5) is 10.5 Å². The number of anilines is 1. The first-order chi connectivity index (χ1) is 19.7. The largest absolute Gasteiger partial charge is 0.480 e. The SMILES string of the molecule is CC(C)(C)OC(=O)N1Cc2ccccc2CC1C(=O)O.O=C(CC(=O)c1ccc(Cl)cc1)Nc1ccc(C(=O)O)cc1. The lowest BCUT2D eigenvalue weighted by molar-refractivity contribution is -0.143. The highest BCUT2D eigenvalue weighted by Crippen LogP contribution is 2.25. The first kappa shape index (κ1) is 31.8. The molecule has 3 N–H and O–H groups in total. The number of carboxylic acid groups (broad SMARTS) is 2. The molecule has 1 heterocycles. The van der Waals surface area contributed by atoms with Crippen molar-refractivity contribution in [1.82, 2.24) is 4.90 Å². The van der Waals surface area contributed by atoms with E-state index in [4.69, 9.17) is 21.4 Å². The van der Waals surface area contributed by atoms with Gasteiger partial charge in [0.2, 0.25) is 5.91 Å². The number of carbonyl (C=O) groups excluding carboxylic acids is 3. The van der Waals surface area contributed by atoms with Crippen molar-refractivity contribution in [1.29, 1.82) is 0 Å². The maximum absolute atomic E-state index is 12.2. The second kappa shape index (κ2) is 13.8. The molecule has 1 atom stereocenters. The van der Waals surface area contributed by atoms with Crippen molar-refractivity contribution >= 4 is 47.0 Å². The Morgan fingerprint density at radius 2 is 1.45 bits per heavy atom. The number of nitrogens with one attached hydrogen (secondary N) is 1. The Balaban J connectivity index is 0.000000231. The molecule has 0 saturated heterocycles. The van der Waals surface area contributed by atoms with E-state index >= 15 is 0 Å². The molecule has 0 saturated carbocycles. The first-order valence-corrected chi connectivity index (χ1v) is 13.3. The molecule has 3 aromatic carbocycles. The van der Waals surface area contributed by atoms with Crippen LogP contribution in [0.15, 0.2) is 72.8 Å². The van der Waals surface area contributed by atoms with Gasteiger partial charge in [-0.15, -0.1) is 0 Å². The quantitative estimate of drug-likeness (QED) is 0.243. The summed E-state index contributed by atoms with van der Waals surface area (Å²) in [6.07, 6.45) is -0.577. The molecule has 0 fully saturated rings. The minimum Gasteiger partial charge on any atom is -0.480 e. The zero-order valence-corrected chi connectivity index (χ0v) is 24.1. The number of halogens is 1. The molecular weight excluding hydrogens is 564 g/mol. The van der Waals surface area contributed by atoms with Crippen LogP contribution in [0, 0.1) is 0 Å². The van der Waals surface area contributed by atoms with Gasteiger partial charge in [0.1, 0.15) is 11.6 Å². The number of carbonyl (C=O) groups is 5. The number of Topliss-reactive ketones (excluding diaryl/α,β-unsaturated/α-hetero) is 1. The average Bonchev–Trinajstić information content (AvgIpc) is 2.92. The van der Waals surface area contributed by atoms with Gasteiger partial charge in [-0.25, -0.2) is 14.4 Å². The van der Waals surface area contributed by atoms with E-state index in [-0.39, 0.29) is 24.3 Å². The zero-order valence-electron chi connectivity index (χ0n) is 23.3. The highest BCUT2D eigenvalue weighted by atomic mass is 35.5. The minimum absolute atomic E-state index is 0.121. The molecule has 0 radical (unpaired) electrons. The second-order valence-corrected chi connectivity index (χ2v) is 10.9. The van der Waals surface area contributed by atoms with Gasteiger partial charge >= 0.3 is 18.0 Å². The van der Waals surface area contributed by atoms with Crippen molar-refractivity contribution in [2.45, 2.75) is 51.8 Å². The molecule has 0 aliphatic carbocycles. The van der Waals surface area contributed by atoms with Gasteiger partial charge < -0.3 is 20.3 Å². The lowest BCUT2D eigenvalue weighted by atomic mass is 9.94. The van der Waals surface area contributed by atoms with Gasteiger partial charge in [0.15, 0.2) is 5.78 Å². The lowest BCUT2D eigenvalue weighted by Crippen LogP contribution is -2.50. The number of rotatable bonds is 6. The molecule has 0 aromatic heterocycles. The van der Waals surface area contributed by atoms with Crippen LogP contribution in [0.1, 0.15) is 59.0 Å². The predicted molar refractivity (Wildman–Crippen MR) is 156 cm³/mol. The van der Waals surface area contributed by atoms with Crippen LogP contribution in [0.5, 0.6) is 0 Å². The molecule has 220 valence electrons. The highest BCUT2D eigenvalue weighted by Gasteiger charge is 2.36. The number of aliphatic carboxylic acids is 1. The normalized spacial score (nSPS) is 14.0. The monoisotopic (exact) mass is 594 g/mol. The molecule has 11 heteroatoms. The van der Waals surface area contributed by atoms with Gasteiger partial charge in [-0.1, -0.05) is 35.9 Å². The molecule has 2 amide bonds. The Kier molecular flexibility index (Phi) is 10.4. The van der Waals surface area contributed by atoms with Crippen molar-refractivity contribution in [3.63, 3.8) is 0 Å². The van der Waals surface area contributed by atoms with Crippen LogP contribution in [0.3, 0.4) is 0 Å². The van der Waals surface area contributed by atoms with Crippen LogP contribution in [-0.4, -0.2) is 56.5 Å². The standard InChI is InChI=1S/C16H12ClNO4.C15H19NO4/c17-12-5-1-10(2-6-12)14(19)9-15(20)18-13-7-3-11(4-8-13)16(21)22;1-15(2,3)20-14(19)16-9-11-7-5-4-6-10(11)8-12(16)13(17)18/h1-8H,9H2,(H,18,20)(H,21,22);4-7,12H,8-9H2,1-3H3,(H,17,18). The summed E-state index contributed by atoms with van der Waals surface area (Å²) >= 11 is 5.73. The number of ether oxygens (including phenoxy) is 1. The zero-order chi connectivity index (χ0) is 31.0. The van der Waals surface area contributed by atoms with E-state index in [1.54, 1.807) is 45.0 Å². The molecule has 1 unspecified atom stereocenters. The molecule has 0 spiro atoms. The van der Waals surface area contributed by atoms with Gasteiger partial charge in [-0.3, -0.25) is 14.5 Å². The molecule has 0 bridgehead atoms. The number of carboxylic acids is 2. The summed E-state index contributed by atoms with van der Waals surface area (Å²) in [4.78, 5) is 59.3. The third kappa shape index (κ3) is 9.17. The molecule has 1 aliphatic heterocycles. The van der Waals surface area contributed by atoms with Gasteiger partial charge in [-0.2, -0.15) is 0 Å². The van der Waals surface area contributed by atoms with E-state index in [2.05, 4.69) is 5.32 Å². The third-order valence-electron chi connectivity index (χ3n) is 6.06. The number of hydrogen-bond acceptors (Lipinski definition) is 6. The Labute approximate surface area is 247 Å². The summed E-state index contributed by atoms with van der Waals surface area (Å²) < 4.78 is 5.30. The molecule has 42 heavy (non-hydrogen) atoms. The maximum Gasteiger partial charge on any atom is 0.411 e. The molecular formula is C31H31ClN2O8. The number of nitrogens with zero attached hydrogens (tertiary/aromatic N) is 1. The summed E-state index contributed by atoms with van der Waals surface area (Å²) in [5.41, 5.74) is 2.25. The maximum atomic E-state index is 12.2. The van der Waals surface area contributed by atoms with Gasteiger partial charge in [-0.05, 0) is 80.4 Å². The van der Waals surface area contributed by atoms with Crippen molar-refractivity contribution < 1.29 is 38.9 Å². The number of hydrogen-bond donors (Lipinski definition) is 3. The lowest BCUT2D eigenvalue weighted by Gasteiger charge is -2.35. The third-order valence-corrected chi connectivity index (χ3v) is 6.32. The summed E-state index contributed by atoms with van der Waals surface area (Å²) in [5, 5.41) is 21.2. The highest BCUT2D eigenvalue weighted by molar-refractivity contribution is 6.30. The van der Waals surface area contributed by atoms with Gasteiger partial charge in [0.25, 0.3) is 0 Å². The van der Waals surface area contributed by atoms with Gasteiger partial charge in [0.05, 0.1) is 18.5 Å². The van der Waals surface area contributed by atoms with E-state index in [0.717, 1.165) is 11.1 Å². The van der Waals surface area contributed by atoms with Crippen molar-refractivity contribution in [3.05, 3.63) is 100 Å². The molecule has 3 aromatic rings. The average molecular weight is 595 g/mol. The molecule has 1 aliphatic rings. The van der Waals surface area contributed by atoms with Crippen molar-refractivity contribution in [2.24, 2.45) is 0 Å². The van der Waals surface area contributed by atoms with Crippen LogP contribution < -0.4 is 5.32 Å². The fourth-order valence-corrected chi connectivity index (χ4v) is 4.17. The summed E-state index contributed by atoms with van der Waals surface area (Å²) in [6, 6.07) is 18.6.